The fourth-order valence-corrected chi connectivity index (χ4v) is 2.45. The fourth-order valence-electron chi connectivity index (χ4n) is 2.11. The molecule has 2 atom stereocenters. The van der Waals surface area contributed by atoms with E-state index in [0.29, 0.717) is 23.4 Å². The molecular formula is C13H17BrN2O2. The van der Waals surface area contributed by atoms with Gasteiger partial charge in [-0.3, -0.25) is 4.79 Å². The Morgan fingerprint density at radius 1 is 1.61 bits per heavy atom. The first kappa shape index (κ1) is 13.5. The molecule has 2 unspecified atom stereocenters. The molecule has 1 saturated heterocycles. The summed E-state index contributed by atoms with van der Waals surface area (Å²) in [6.45, 7) is 5.29. The SMILES string of the molecule is CCC1COC(C)CN1C(=O)c1cccc(Br)n1. The zero-order valence-electron chi connectivity index (χ0n) is 10.6. The van der Waals surface area contributed by atoms with Gasteiger partial charge in [0.25, 0.3) is 5.91 Å². The van der Waals surface area contributed by atoms with Crippen molar-refractivity contribution in [1.29, 1.82) is 0 Å². The van der Waals surface area contributed by atoms with Crippen molar-refractivity contribution in [2.45, 2.75) is 32.4 Å². The summed E-state index contributed by atoms with van der Waals surface area (Å²) in [5.74, 6) is -0.0155. The molecule has 1 aliphatic rings. The summed E-state index contributed by atoms with van der Waals surface area (Å²) in [6, 6.07) is 5.54. The normalized spacial score (nSPS) is 24.1. The van der Waals surface area contributed by atoms with Crippen molar-refractivity contribution in [3.05, 3.63) is 28.5 Å². The predicted molar refractivity (Wildman–Crippen MR) is 72.5 cm³/mol. The number of hydrogen-bond acceptors (Lipinski definition) is 3. The van der Waals surface area contributed by atoms with E-state index in [1.54, 1.807) is 6.07 Å². The molecule has 1 amide bonds. The van der Waals surface area contributed by atoms with Crippen LogP contribution in [0.25, 0.3) is 0 Å². The molecule has 1 aromatic heterocycles. The summed E-state index contributed by atoms with van der Waals surface area (Å²) in [5.41, 5.74) is 0.483. The molecule has 1 aromatic rings. The van der Waals surface area contributed by atoms with Crippen molar-refractivity contribution in [3.63, 3.8) is 0 Å². The van der Waals surface area contributed by atoms with E-state index in [9.17, 15) is 4.79 Å². The molecule has 5 heteroatoms. The molecule has 2 heterocycles. The number of ether oxygens (including phenoxy) is 1. The molecule has 0 aromatic carbocycles. The van der Waals surface area contributed by atoms with Gasteiger partial charge in [0.2, 0.25) is 0 Å². The number of hydrogen-bond donors (Lipinski definition) is 0. The molecule has 0 spiro atoms. The van der Waals surface area contributed by atoms with Gasteiger partial charge >= 0.3 is 0 Å². The Morgan fingerprint density at radius 2 is 2.39 bits per heavy atom. The number of nitrogens with zero attached hydrogens (tertiary/aromatic N) is 2. The first-order valence-corrected chi connectivity index (χ1v) is 6.96. The van der Waals surface area contributed by atoms with Gasteiger partial charge in [-0.15, -0.1) is 0 Å². The third kappa shape index (κ3) is 2.90. The quantitative estimate of drug-likeness (QED) is 0.788. The van der Waals surface area contributed by atoms with Gasteiger partial charge in [-0.1, -0.05) is 13.0 Å². The van der Waals surface area contributed by atoms with Gasteiger partial charge in [0.1, 0.15) is 10.3 Å². The third-order valence-corrected chi connectivity index (χ3v) is 3.58. The molecule has 1 aliphatic heterocycles. The van der Waals surface area contributed by atoms with Crippen molar-refractivity contribution in [3.8, 4) is 0 Å². The Morgan fingerprint density at radius 3 is 3.06 bits per heavy atom. The van der Waals surface area contributed by atoms with Crippen LogP contribution >= 0.6 is 15.9 Å². The number of amides is 1. The van der Waals surface area contributed by atoms with Crippen molar-refractivity contribution in [1.82, 2.24) is 9.88 Å². The average molecular weight is 313 g/mol. The van der Waals surface area contributed by atoms with Crippen LogP contribution in [0.5, 0.6) is 0 Å². The molecule has 2 rings (SSSR count). The lowest BCUT2D eigenvalue weighted by Gasteiger charge is -2.38. The Hall–Kier alpha value is -0.940. The number of halogens is 1. The van der Waals surface area contributed by atoms with E-state index in [1.807, 2.05) is 24.0 Å². The standard InChI is InChI=1S/C13H17BrN2O2/c1-3-10-8-18-9(2)7-16(10)13(17)11-5-4-6-12(14)15-11/h4-6,9-10H,3,7-8H2,1-2H3. The zero-order valence-corrected chi connectivity index (χ0v) is 12.2. The number of carbonyl (C=O) groups is 1. The molecule has 0 bridgehead atoms. The second-order valence-corrected chi connectivity index (χ2v) is 5.32. The lowest BCUT2D eigenvalue weighted by atomic mass is 10.1. The smallest absolute Gasteiger partial charge is 0.272 e. The average Bonchev–Trinajstić information content (AvgIpc) is 2.38. The molecule has 0 saturated carbocycles. The Labute approximate surface area is 115 Å². The summed E-state index contributed by atoms with van der Waals surface area (Å²) in [4.78, 5) is 18.6. The lowest BCUT2D eigenvalue weighted by Crippen LogP contribution is -2.51. The minimum Gasteiger partial charge on any atom is -0.375 e. The largest absolute Gasteiger partial charge is 0.375 e. The van der Waals surface area contributed by atoms with Crippen LogP contribution in [0.3, 0.4) is 0 Å². The van der Waals surface area contributed by atoms with Crippen LogP contribution < -0.4 is 0 Å². The molecular weight excluding hydrogens is 296 g/mol. The summed E-state index contributed by atoms with van der Waals surface area (Å²) in [7, 11) is 0. The summed E-state index contributed by atoms with van der Waals surface area (Å²) >= 11 is 3.29. The summed E-state index contributed by atoms with van der Waals surface area (Å²) < 4.78 is 6.28. The molecule has 4 nitrogen and oxygen atoms in total. The second kappa shape index (κ2) is 5.80. The highest BCUT2D eigenvalue weighted by Gasteiger charge is 2.30. The topological polar surface area (TPSA) is 42.4 Å². The maximum atomic E-state index is 12.5. The molecule has 0 aliphatic carbocycles. The van der Waals surface area contributed by atoms with Crippen molar-refractivity contribution in [2.24, 2.45) is 0 Å². The monoisotopic (exact) mass is 312 g/mol. The number of carbonyl (C=O) groups excluding carboxylic acids is 1. The highest BCUT2D eigenvalue weighted by molar-refractivity contribution is 9.10. The highest BCUT2D eigenvalue weighted by Crippen LogP contribution is 2.18. The van der Waals surface area contributed by atoms with Gasteiger partial charge in [0.05, 0.1) is 18.8 Å². The summed E-state index contributed by atoms with van der Waals surface area (Å²) in [5, 5.41) is 0. The van der Waals surface area contributed by atoms with E-state index in [4.69, 9.17) is 4.74 Å². The predicted octanol–water partition coefficient (Wildman–Crippen LogP) is 2.48. The van der Waals surface area contributed by atoms with Gasteiger partial charge < -0.3 is 9.64 Å². The van der Waals surface area contributed by atoms with E-state index >= 15 is 0 Å². The van der Waals surface area contributed by atoms with Gasteiger partial charge in [-0.05, 0) is 41.4 Å². The maximum absolute atomic E-state index is 12.5. The minimum absolute atomic E-state index is 0.0155. The number of morpholine rings is 1. The second-order valence-electron chi connectivity index (χ2n) is 4.51. The van der Waals surface area contributed by atoms with Crippen LogP contribution in [0.15, 0.2) is 22.8 Å². The third-order valence-electron chi connectivity index (χ3n) is 3.13. The lowest BCUT2D eigenvalue weighted by molar-refractivity contribution is -0.0446. The molecule has 0 N–H and O–H groups in total. The van der Waals surface area contributed by atoms with Gasteiger partial charge in [0, 0.05) is 6.54 Å². The van der Waals surface area contributed by atoms with E-state index in [2.05, 4.69) is 27.8 Å². The first-order valence-electron chi connectivity index (χ1n) is 6.17. The van der Waals surface area contributed by atoms with Gasteiger partial charge in [-0.25, -0.2) is 4.98 Å². The van der Waals surface area contributed by atoms with Crippen LogP contribution in [0.4, 0.5) is 0 Å². The zero-order chi connectivity index (χ0) is 13.1. The molecule has 1 fully saturated rings. The van der Waals surface area contributed by atoms with Crippen LogP contribution in [-0.2, 0) is 4.74 Å². The minimum atomic E-state index is -0.0155. The van der Waals surface area contributed by atoms with Crippen molar-refractivity contribution < 1.29 is 9.53 Å². The van der Waals surface area contributed by atoms with Crippen LogP contribution in [-0.4, -0.2) is 41.1 Å². The fraction of sp³-hybridized carbons (Fsp3) is 0.538. The van der Waals surface area contributed by atoms with Gasteiger partial charge in [0.15, 0.2) is 0 Å². The molecule has 0 radical (unpaired) electrons. The highest BCUT2D eigenvalue weighted by atomic mass is 79.9. The van der Waals surface area contributed by atoms with Crippen LogP contribution in [0.1, 0.15) is 30.8 Å². The number of rotatable bonds is 2. The van der Waals surface area contributed by atoms with E-state index in [0.717, 1.165) is 6.42 Å². The van der Waals surface area contributed by atoms with Crippen LogP contribution in [0.2, 0.25) is 0 Å². The van der Waals surface area contributed by atoms with Crippen LogP contribution in [0, 0.1) is 0 Å². The Balaban J connectivity index is 2.20. The van der Waals surface area contributed by atoms with E-state index in [-0.39, 0.29) is 18.1 Å². The molecule has 98 valence electrons. The van der Waals surface area contributed by atoms with Crippen molar-refractivity contribution >= 4 is 21.8 Å². The van der Waals surface area contributed by atoms with Crippen molar-refractivity contribution in [2.75, 3.05) is 13.2 Å². The van der Waals surface area contributed by atoms with E-state index in [1.165, 1.54) is 0 Å². The first-order chi connectivity index (χ1) is 8.61. The summed E-state index contributed by atoms with van der Waals surface area (Å²) in [6.07, 6.45) is 0.982. The Kier molecular flexibility index (Phi) is 4.35. The molecule has 18 heavy (non-hydrogen) atoms. The van der Waals surface area contributed by atoms with Gasteiger partial charge in [-0.2, -0.15) is 0 Å². The van der Waals surface area contributed by atoms with E-state index < -0.39 is 0 Å². The number of pyridine rings is 1. The maximum Gasteiger partial charge on any atom is 0.272 e. The Bertz CT molecular complexity index is 439. The number of aromatic nitrogens is 1.